The number of hydrogen-bond donors (Lipinski definition) is 11. The van der Waals surface area contributed by atoms with Crippen molar-refractivity contribution in [1.29, 1.82) is 0 Å². The predicted octanol–water partition coefficient (Wildman–Crippen LogP) is -3.07. The van der Waals surface area contributed by atoms with Crippen LogP contribution in [0.2, 0.25) is 0 Å². The van der Waals surface area contributed by atoms with Crippen LogP contribution in [0.1, 0.15) is 0 Å². The second-order valence-corrected chi connectivity index (χ2v) is 10.2. The zero-order valence-corrected chi connectivity index (χ0v) is 22.4. The number of benzene rings is 2. The summed E-state index contributed by atoms with van der Waals surface area (Å²) in [5.41, 5.74) is -1.48. The van der Waals surface area contributed by atoms with Crippen LogP contribution in [0.25, 0.3) is 22.3 Å². The molecular weight excluding hydrogens is 596 g/mol. The fourth-order valence-corrected chi connectivity index (χ4v) is 4.90. The van der Waals surface area contributed by atoms with Gasteiger partial charge in [0.1, 0.15) is 71.3 Å². The molecule has 2 aliphatic rings. The highest BCUT2D eigenvalue weighted by atomic mass is 16.7. The first-order valence-corrected chi connectivity index (χ1v) is 13.2. The molecule has 2 saturated heterocycles. The predicted molar refractivity (Wildman–Crippen MR) is 142 cm³/mol. The van der Waals surface area contributed by atoms with Crippen molar-refractivity contribution in [2.24, 2.45) is 0 Å². The van der Waals surface area contributed by atoms with E-state index in [9.17, 15) is 61.0 Å². The van der Waals surface area contributed by atoms with Gasteiger partial charge in [-0.15, -0.1) is 0 Å². The molecule has 3 heterocycles. The molecule has 2 unspecified atom stereocenters. The van der Waals surface area contributed by atoms with Gasteiger partial charge in [-0.05, 0) is 18.2 Å². The fraction of sp³-hybridized carbons (Fsp3) is 0.444. The molecule has 3 aromatic rings. The second-order valence-electron chi connectivity index (χ2n) is 10.2. The zero-order valence-electron chi connectivity index (χ0n) is 22.4. The van der Waals surface area contributed by atoms with Crippen LogP contribution in [-0.2, 0) is 9.47 Å². The SMILES string of the molecule is O=c1c(O[C@@H]2O[C@H](C(O)CO)[C@H](O)[C@H]2O)c(-c2ccc(O)c(O)c2)oc2cc(O)cc(OC3O[C@H](CO)[C@@H](O)[C@H](O)[C@H]3O)c12. The van der Waals surface area contributed by atoms with Gasteiger partial charge in [-0.1, -0.05) is 0 Å². The third-order valence-corrected chi connectivity index (χ3v) is 7.29. The molecule has 1 aromatic heterocycles. The lowest BCUT2D eigenvalue weighted by atomic mass is 9.99. The Bertz CT molecular complexity index is 1560. The van der Waals surface area contributed by atoms with E-state index < -0.39 is 120 Å². The van der Waals surface area contributed by atoms with Gasteiger partial charge < -0.3 is 79.5 Å². The van der Waals surface area contributed by atoms with Crippen LogP contribution in [0.4, 0.5) is 0 Å². The molecule has 2 aromatic carbocycles. The molecule has 2 fully saturated rings. The molecular formula is C27H30O17. The number of phenolic OH excluding ortho intramolecular Hbond substituents is 3. The molecule has 17 nitrogen and oxygen atoms in total. The van der Waals surface area contributed by atoms with Crippen LogP contribution >= 0.6 is 0 Å². The Balaban J connectivity index is 1.65. The van der Waals surface area contributed by atoms with E-state index in [0.717, 1.165) is 24.3 Å². The molecule has 10 atom stereocenters. The molecule has 0 aliphatic carbocycles. The van der Waals surface area contributed by atoms with Crippen molar-refractivity contribution >= 4 is 11.0 Å². The minimum atomic E-state index is -1.90. The fourth-order valence-electron chi connectivity index (χ4n) is 4.90. The molecule has 44 heavy (non-hydrogen) atoms. The highest BCUT2D eigenvalue weighted by Gasteiger charge is 2.48. The van der Waals surface area contributed by atoms with Crippen molar-refractivity contribution in [3.05, 3.63) is 40.6 Å². The largest absolute Gasteiger partial charge is 0.508 e. The highest BCUT2D eigenvalue weighted by Crippen LogP contribution is 2.40. The minimum absolute atomic E-state index is 0.0611. The third-order valence-electron chi connectivity index (χ3n) is 7.29. The van der Waals surface area contributed by atoms with Gasteiger partial charge in [-0.25, -0.2) is 0 Å². The second kappa shape index (κ2) is 12.3. The van der Waals surface area contributed by atoms with E-state index in [1.165, 1.54) is 6.07 Å². The maximum Gasteiger partial charge on any atom is 0.239 e. The summed E-state index contributed by atoms with van der Waals surface area (Å²) in [4.78, 5) is 14.0. The van der Waals surface area contributed by atoms with E-state index in [-0.39, 0.29) is 11.1 Å². The lowest BCUT2D eigenvalue weighted by Crippen LogP contribution is -2.60. The number of fused-ring (bicyclic) bond motifs is 1. The smallest absolute Gasteiger partial charge is 0.239 e. The van der Waals surface area contributed by atoms with Crippen molar-refractivity contribution in [3.8, 4) is 40.1 Å². The summed E-state index contributed by atoms with van der Waals surface area (Å²) in [5.74, 6) is -3.32. The van der Waals surface area contributed by atoms with Crippen molar-refractivity contribution in [3.63, 3.8) is 0 Å². The summed E-state index contributed by atoms with van der Waals surface area (Å²) in [6.07, 6.45) is -17.2. The first kappa shape index (κ1) is 31.7. The van der Waals surface area contributed by atoms with Gasteiger partial charge in [0, 0.05) is 17.7 Å². The Labute approximate surface area is 246 Å². The maximum absolute atomic E-state index is 14.0. The van der Waals surface area contributed by atoms with Crippen LogP contribution in [0.15, 0.2) is 39.5 Å². The molecule has 0 radical (unpaired) electrons. The van der Waals surface area contributed by atoms with Crippen molar-refractivity contribution < 1.29 is 79.5 Å². The normalized spacial score (nSPS) is 31.2. The van der Waals surface area contributed by atoms with E-state index in [4.69, 9.17) is 23.4 Å². The Kier molecular flexibility index (Phi) is 8.87. The van der Waals surface area contributed by atoms with Gasteiger partial charge in [0.05, 0.1) is 13.2 Å². The van der Waals surface area contributed by atoms with Gasteiger partial charge in [0.25, 0.3) is 0 Å². The Morgan fingerprint density at radius 3 is 2.14 bits per heavy atom. The first-order chi connectivity index (χ1) is 20.9. The van der Waals surface area contributed by atoms with Crippen molar-refractivity contribution in [2.75, 3.05) is 13.2 Å². The molecule has 240 valence electrons. The van der Waals surface area contributed by atoms with Crippen molar-refractivity contribution in [1.82, 2.24) is 0 Å². The monoisotopic (exact) mass is 626 g/mol. The third kappa shape index (κ3) is 5.61. The number of aliphatic hydroxyl groups is 8. The molecule has 2 aliphatic heterocycles. The summed E-state index contributed by atoms with van der Waals surface area (Å²) in [6.45, 7) is -1.63. The average molecular weight is 627 g/mol. The van der Waals surface area contributed by atoms with E-state index >= 15 is 0 Å². The Hall–Kier alpha value is -3.75. The number of hydrogen-bond acceptors (Lipinski definition) is 17. The van der Waals surface area contributed by atoms with Gasteiger partial charge in [-0.3, -0.25) is 4.79 Å². The molecule has 0 bridgehead atoms. The Morgan fingerprint density at radius 2 is 1.48 bits per heavy atom. The summed E-state index contributed by atoms with van der Waals surface area (Å²) >= 11 is 0. The lowest BCUT2D eigenvalue weighted by Gasteiger charge is -2.39. The van der Waals surface area contributed by atoms with Gasteiger partial charge in [-0.2, -0.15) is 0 Å². The van der Waals surface area contributed by atoms with E-state index in [1.807, 2.05) is 0 Å². The number of rotatable bonds is 8. The quantitative estimate of drug-likeness (QED) is 0.111. The van der Waals surface area contributed by atoms with Crippen LogP contribution < -0.4 is 14.9 Å². The molecule has 0 spiro atoms. The average Bonchev–Trinajstić information content (AvgIpc) is 3.27. The van der Waals surface area contributed by atoms with E-state index in [0.29, 0.717) is 0 Å². The first-order valence-electron chi connectivity index (χ1n) is 13.2. The summed E-state index contributed by atoms with van der Waals surface area (Å²) in [6, 6.07) is 5.21. The summed E-state index contributed by atoms with van der Waals surface area (Å²) in [7, 11) is 0. The van der Waals surface area contributed by atoms with Crippen LogP contribution in [0.3, 0.4) is 0 Å². The van der Waals surface area contributed by atoms with Gasteiger partial charge in [0.2, 0.25) is 23.8 Å². The zero-order chi connectivity index (χ0) is 32.0. The van der Waals surface area contributed by atoms with Crippen LogP contribution in [0, 0.1) is 0 Å². The Morgan fingerprint density at radius 1 is 0.795 bits per heavy atom. The standard InChI is InChI=1S/C27H30O17/c28-6-12(33)24-20(37)22(39)27(43-24)44-25-18(35)16-13(40-23(25)8-1-2-10(31)11(32)3-8)4-9(30)5-14(16)41-26-21(38)19(36)17(34)15(7-29)42-26/h1-5,12,15,17,19-22,24,26-34,36-39H,6-7H2/t12?,15-,17-,19+,20-,21-,22-,24-,26?,27+/m1/s1. The van der Waals surface area contributed by atoms with E-state index in [2.05, 4.69) is 0 Å². The van der Waals surface area contributed by atoms with Crippen LogP contribution in [0.5, 0.6) is 28.7 Å². The number of aliphatic hydroxyl groups excluding tert-OH is 8. The molecule has 0 amide bonds. The number of ether oxygens (including phenoxy) is 4. The molecule has 17 heteroatoms. The molecule has 5 rings (SSSR count). The summed E-state index contributed by atoms with van der Waals surface area (Å²) < 4.78 is 27.8. The van der Waals surface area contributed by atoms with Crippen LogP contribution in [-0.4, -0.2) is 131 Å². The molecule has 0 saturated carbocycles. The van der Waals surface area contributed by atoms with E-state index in [1.54, 1.807) is 0 Å². The topological polar surface area (TPSA) is 290 Å². The number of aromatic hydroxyl groups is 3. The number of phenols is 3. The van der Waals surface area contributed by atoms with Gasteiger partial charge >= 0.3 is 0 Å². The minimum Gasteiger partial charge on any atom is -0.508 e. The summed E-state index contributed by atoms with van der Waals surface area (Å²) in [5, 5.41) is 110. The van der Waals surface area contributed by atoms with Gasteiger partial charge in [0.15, 0.2) is 17.3 Å². The maximum atomic E-state index is 14.0. The highest BCUT2D eigenvalue weighted by molar-refractivity contribution is 5.88. The lowest BCUT2D eigenvalue weighted by molar-refractivity contribution is -0.277. The molecule has 11 N–H and O–H groups in total. The van der Waals surface area contributed by atoms with Crippen molar-refractivity contribution in [2.45, 2.75) is 61.4 Å².